The largest absolute Gasteiger partial charge is 0.393 e. The molecule has 1 saturated heterocycles. The number of hydrogen-bond acceptors (Lipinski definition) is 5. The van der Waals surface area contributed by atoms with Gasteiger partial charge in [0.25, 0.3) is 0 Å². The summed E-state index contributed by atoms with van der Waals surface area (Å²) < 4.78 is 0. The van der Waals surface area contributed by atoms with Gasteiger partial charge in [0.15, 0.2) is 11.6 Å². The minimum Gasteiger partial charge on any atom is -0.393 e. The molecule has 2 aliphatic heterocycles. The number of nitrogen functional groups attached to an aromatic ring is 1. The van der Waals surface area contributed by atoms with Crippen molar-refractivity contribution in [3.05, 3.63) is 41.7 Å². The summed E-state index contributed by atoms with van der Waals surface area (Å²) >= 11 is 0. The van der Waals surface area contributed by atoms with Crippen LogP contribution < -0.4 is 15.5 Å². The maximum atomic E-state index is 6.70. The Morgan fingerprint density at radius 2 is 1.79 bits per heavy atom. The van der Waals surface area contributed by atoms with Gasteiger partial charge in [-0.15, -0.1) is 0 Å². The van der Waals surface area contributed by atoms with Crippen LogP contribution in [0.25, 0.3) is 0 Å². The van der Waals surface area contributed by atoms with Gasteiger partial charge < -0.3 is 15.5 Å². The second-order valence-electron chi connectivity index (χ2n) is 10.2. The Labute approximate surface area is 168 Å². The Bertz CT molecular complexity index is 908. The van der Waals surface area contributed by atoms with E-state index in [1.54, 1.807) is 6.33 Å². The normalized spacial score (nSPS) is 28.3. The number of aromatic nitrogens is 2. The summed E-state index contributed by atoms with van der Waals surface area (Å²) in [6, 6.07) is 9.21. The molecular formula is C23H31N5. The molecule has 5 heteroatoms. The van der Waals surface area contributed by atoms with Crippen LogP contribution in [0, 0.1) is 10.8 Å². The van der Waals surface area contributed by atoms with Crippen molar-refractivity contribution in [3.63, 3.8) is 0 Å². The first-order chi connectivity index (χ1) is 13.3. The third kappa shape index (κ3) is 2.92. The third-order valence-electron chi connectivity index (χ3n) is 6.96. The fraction of sp³-hybridized carbons (Fsp3) is 0.565. The fourth-order valence-corrected chi connectivity index (χ4v) is 6.24. The van der Waals surface area contributed by atoms with Crippen LogP contribution in [0.2, 0.25) is 0 Å². The average Bonchev–Trinajstić information content (AvgIpc) is 2.90. The van der Waals surface area contributed by atoms with Crippen molar-refractivity contribution in [2.45, 2.75) is 59.0 Å². The second-order valence-corrected chi connectivity index (χ2v) is 10.2. The van der Waals surface area contributed by atoms with Gasteiger partial charge in [-0.3, -0.25) is 0 Å². The lowest BCUT2D eigenvalue weighted by Gasteiger charge is -2.39. The van der Waals surface area contributed by atoms with E-state index in [1.807, 2.05) is 0 Å². The molecule has 28 heavy (non-hydrogen) atoms. The zero-order valence-electron chi connectivity index (χ0n) is 17.3. The van der Waals surface area contributed by atoms with E-state index in [0.717, 1.165) is 43.4 Å². The molecule has 1 aromatic heterocycles. The highest BCUT2D eigenvalue weighted by Gasteiger charge is 2.50. The topological polar surface area (TPSA) is 58.3 Å². The lowest BCUT2D eigenvalue weighted by molar-refractivity contribution is 0.136. The van der Waals surface area contributed by atoms with Crippen LogP contribution in [0.1, 0.15) is 51.2 Å². The van der Waals surface area contributed by atoms with Crippen molar-refractivity contribution in [1.29, 1.82) is 0 Å². The summed E-state index contributed by atoms with van der Waals surface area (Å²) in [5.74, 6) is 1.83. The quantitative estimate of drug-likeness (QED) is 0.856. The average molecular weight is 378 g/mol. The van der Waals surface area contributed by atoms with Gasteiger partial charge in [0.1, 0.15) is 12.0 Å². The Morgan fingerprint density at radius 1 is 1.04 bits per heavy atom. The summed E-state index contributed by atoms with van der Waals surface area (Å²) in [5.41, 5.74) is 11.0. The molecule has 2 N–H and O–H groups in total. The van der Waals surface area contributed by atoms with E-state index >= 15 is 0 Å². The van der Waals surface area contributed by atoms with Crippen LogP contribution in [0.4, 0.5) is 17.3 Å². The number of fused-ring (bicyclic) bond motifs is 3. The van der Waals surface area contributed by atoms with Crippen LogP contribution in [0.5, 0.6) is 0 Å². The van der Waals surface area contributed by atoms with Gasteiger partial charge in [0.2, 0.25) is 0 Å². The van der Waals surface area contributed by atoms with Gasteiger partial charge in [-0.05, 0) is 47.6 Å². The molecule has 2 bridgehead atoms. The van der Waals surface area contributed by atoms with Crippen LogP contribution in [0.3, 0.4) is 0 Å². The van der Waals surface area contributed by atoms with Crippen molar-refractivity contribution in [2.24, 2.45) is 10.8 Å². The summed E-state index contributed by atoms with van der Waals surface area (Å²) in [5, 5.41) is 0. The van der Waals surface area contributed by atoms with Crippen LogP contribution in [-0.4, -0.2) is 29.1 Å². The number of nitrogens with two attached hydrogens (primary N) is 1. The van der Waals surface area contributed by atoms with Gasteiger partial charge in [-0.2, -0.15) is 0 Å². The molecule has 0 amide bonds. The smallest absolute Gasteiger partial charge is 0.157 e. The third-order valence-corrected chi connectivity index (χ3v) is 6.96. The van der Waals surface area contributed by atoms with E-state index in [2.05, 4.69) is 64.8 Å². The van der Waals surface area contributed by atoms with Gasteiger partial charge in [-0.25, -0.2) is 9.97 Å². The minimum absolute atomic E-state index is 0.355. The molecule has 1 aromatic carbocycles. The molecule has 5 rings (SSSR count). The first-order valence-corrected chi connectivity index (χ1v) is 10.5. The predicted octanol–water partition coefficient (Wildman–Crippen LogP) is 4.03. The lowest BCUT2D eigenvalue weighted by atomic mass is 9.65. The molecule has 1 saturated carbocycles. The Morgan fingerprint density at radius 3 is 2.61 bits per heavy atom. The summed E-state index contributed by atoms with van der Waals surface area (Å²) in [6.45, 7) is 10.1. The van der Waals surface area contributed by atoms with Crippen LogP contribution >= 0.6 is 0 Å². The van der Waals surface area contributed by atoms with Crippen molar-refractivity contribution < 1.29 is 0 Å². The summed E-state index contributed by atoms with van der Waals surface area (Å²) in [6.07, 6.45) is 6.46. The van der Waals surface area contributed by atoms with E-state index in [1.165, 1.54) is 30.4 Å². The molecule has 2 unspecified atom stereocenters. The standard InChI is InChI=1S/C23H31N5/c1-22(2)10-18-11-23(3,13-22)14-28(18)21-19(24)20(25-15-26-21)27-9-8-16-6-4-5-7-17(16)12-27/h4-7,15,18H,8-14,24H2,1-3H3. The van der Waals surface area contributed by atoms with Crippen LogP contribution in [0.15, 0.2) is 30.6 Å². The fourth-order valence-electron chi connectivity index (χ4n) is 6.24. The Kier molecular flexibility index (Phi) is 3.87. The Balaban J connectivity index is 1.46. The summed E-state index contributed by atoms with van der Waals surface area (Å²) in [7, 11) is 0. The minimum atomic E-state index is 0.355. The molecule has 2 aromatic rings. The number of anilines is 3. The zero-order valence-corrected chi connectivity index (χ0v) is 17.3. The molecule has 2 atom stereocenters. The van der Waals surface area contributed by atoms with E-state index in [-0.39, 0.29) is 0 Å². The summed E-state index contributed by atoms with van der Waals surface area (Å²) in [4.78, 5) is 14.1. The van der Waals surface area contributed by atoms with Gasteiger partial charge >= 0.3 is 0 Å². The van der Waals surface area contributed by atoms with Crippen molar-refractivity contribution >= 4 is 17.3 Å². The maximum absolute atomic E-state index is 6.70. The zero-order chi connectivity index (χ0) is 19.5. The molecule has 3 aliphatic rings. The highest BCUT2D eigenvalue weighted by molar-refractivity contribution is 5.76. The molecule has 5 nitrogen and oxygen atoms in total. The van der Waals surface area contributed by atoms with E-state index in [0.29, 0.717) is 16.9 Å². The lowest BCUT2D eigenvalue weighted by Crippen LogP contribution is -2.36. The van der Waals surface area contributed by atoms with Gasteiger partial charge in [0.05, 0.1) is 0 Å². The van der Waals surface area contributed by atoms with E-state index < -0.39 is 0 Å². The molecule has 0 spiro atoms. The highest BCUT2D eigenvalue weighted by atomic mass is 15.3. The number of hydrogen-bond donors (Lipinski definition) is 1. The Hall–Kier alpha value is -2.30. The number of benzene rings is 1. The predicted molar refractivity (Wildman–Crippen MR) is 115 cm³/mol. The van der Waals surface area contributed by atoms with Gasteiger partial charge in [0, 0.05) is 25.7 Å². The van der Waals surface area contributed by atoms with Crippen LogP contribution in [-0.2, 0) is 13.0 Å². The molecule has 148 valence electrons. The monoisotopic (exact) mass is 377 g/mol. The molecule has 3 heterocycles. The SMILES string of the molecule is CC1(C)CC2CC(C)(CN2c2ncnc(N3CCc4ccccc4C3)c2N)C1. The molecular weight excluding hydrogens is 346 g/mol. The van der Waals surface area contributed by atoms with Crippen molar-refractivity contribution in [2.75, 3.05) is 28.6 Å². The number of nitrogens with zero attached hydrogens (tertiary/aromatic N) is 4. The second kappa shape index (κ2) is 6.10. The van der Waals surface area contributed by atoms with Gasteiger partial charge in [-0.1, -0.05) is 45.0 Å². The van der Waals surface area contributed by atoms with Crippen molar-refractivity contribution in [1.82, 2.24) is 9.97 Å². The van der Waals surface area contributed by atoms with Crippen molar-refractivity contribution in [3.8, 4) is 0 Å². The first kappa shape index (κ1) is 17.8. The van der Waals surface area contributed by atoms with E-state index in [9.17, 15) is 0 Å². The molecule has 2 fully saturated rings. The highest BCUT2D eigenvalue weighted by Crippen LogP contribution is 2.54. The molecule has 1 aliphatic carbocycles. The molecule has 0 radical (unpaired) electrons. The maximum Gasteiger partial charge on any atom is 0.157 e. The first-order valence-electron chi connectivity index (χ1n) is 10.5. The van der Waals surface area contributed by atoms with E-state index in [4.69, 9.17) is 5.73 Å². The number of rotatable bonds is 2.